The third-order valence-corrected chi connectivity index (χ3v) is 7.75. The van der Waals surface area contributed by atoms with Crippen molar-refractivity contribution in [2.75, 3.05) is 23.4 Å². The fraction of sp³-hybridized carbons (Fsp3) is 0.212. The van der Waals surface area contributed by atoms with Crippen LogP contribution in [0.15, 0.2) is 84.9 Å². The van der Waals surface area contributed by atoms with Gasteiger partial charge in [0.1, 0.15) is 6.04 Å². The number of carboxylic acids is 1. The molecule has 0 saturated heterocycles. The molecule has 3 N–H and O–H groups in total. The quantitative estimate of drug-likeness (QED) is 0.311. The smallest absolute Gasteiger partial charge is 0.335 e. The summed E-state index contributed by atoms with van der Waals surface area (Å²) in [5.74, 6) is -2.24. The summed E-state index contributed by atoms with van der Waals surface area (Å²) in [4.78, 5) is 55.8. The largest absolute Gasteiger partial charge is 0.478 e. The average Bonchev–Trinajstić information content (AvgIpc) is 3.12. The standard InChI is InChI=1S/C33H32N4O5/c1-20-12-13-22-8-4-5-9-25(22)26(20)18-36-28-10-6-7-11-29(28)37(19-27(32(36)40)35-30(38)21(2)34-3)31(39)23-14-16-24(17-15-23)33(41)42/h4-17,21,27,34H,18-19H2,1-3H3,(H,35,38)(H,41,42)/t21-,27?/m0/s1. The molecule has 0 radical (unpaired) electrons. The van der Waals surface area contributed by atoms with Crippen LogP contribution in [0.5, 0.6) is 0 Å². The van der Waals surface area contributed by atoms with E-state index in [0.29, 0.717) is 11.4 Å². The van der Waals surface area contributed by atoms with Gasteiger partial charge in [-0.3, -0.25) is 14.4 Å². The summed E-state index contributed by atoms with van der Waals surface area (Å²) in [6.45, 7) is 3.81. The Kier molecular flexibility index (Phi) is 8.04. The van der Waals surface area contributed by atoms with Crippen molar-refractivity contribution in [3.63, 3.8) is 0 Å². The number of rotatable bonds is 7. The number of hydrogen-bond donors (Lipinski definition) is 3. The van der Waals surface area contributed by atoms with Gasteiger partial charge in [0.05, 0.1) is 36.1 Å². The van der Waals surface area contributed by atoms with Crippen LogP contribution < -0.4 is 20.4 Å². The predicted octanol–water partition coefficient (Wildman–Crippen LogP) is 4.13. The minimum atomic E-state index is -1.10. The van der Waals surface area contributed by atoms with Gasteiger partial charge in [-0.15, -0.1) is 0 Å². The van der Waals surface area contributed by atoms with Crippen molar-refractivity contribution >= 4 is 45.8 Å². The van der Waals surface area contributed by atoms with E-state index in [1.54, 1.807) is 43.1 Å². The van der Waals surface area contributed by atoms with E-state index in [1.807, 2.05) is 43.3 Å². The molecule has 0 aliphatic carbocycles. The fourth-order valence-electron chi connectivity index (χ4n) is 5.20. The highest BCUT2D eigenvalue weighted by Gasteiger charge is 2.38. The predicted molar refractivity (Wildman–Crippen MR) is 162 cm³/mol. The van der Waals surface area contributed by atoms with Gasteiger partial charge < -0.3 is 25.5 Å². The van der Waals surface area contributed by atoms with Crippen LogP contribution in [0.1, 0.15) is 38.8 Å². The van der Waals surface area contributed by atoms with Gasteiger partial charge in [0, 0.05) is 5.56 Å². The minimum absolute atomic E-state index is 0.0563. The SMILES string of the molecule is CN[C@@H](C)C(=O)NC1CN(C(=O)c2ccc(C(=O)O)cc2)c2ccccc2N(Cc2c(C)ccc3ccccc23)C1=O. The minimum Gasteiger partial charge on any atom is -0.478 e. The van der Waals surface area contributed by atoms with Gasteiger partial charge in [-0.2, -0.15) is 0 Å². The average molecular weight is 565 g/mol. The first-order valence-electron chi connectivity index (χ1n) is 13.7. The van der Waals surface area contributed by atoms with Gasteiger partial charge in [-0.25, -0.2) is 4.79 Å². The number of aromatic carboxylic acids is 1. The number of nitrogens with one attached hydrogen (secondary N) is 2. The first-order chi connectivity index (χ1) is 20.2. The van der Waals surface area contributed by atoms with E-state index >= 15 is 0 Å². The van der Waals surface area contributed by atoms with Gasteiger partial charge in [0.2, 0.25) is 5.91 Å². The van der Waals surface area contributed by atoms with E-state index in [4.69, 9.17) is 0 Å². The summed E-state index contributed by atoms with van der Waals surface area (Å²) in [5.41, 5.74) is 3.33. The molecule has 9 heteroatoms. The zero-order valence-electron chi connectivity index (χ0n) is 23.6. The maximum Gasteiger partial charge on any atom is 0.335 e. The number of likely N-dealkylation sites (N-methyl/N-ethyl adjacent to an activating group) is 1. The molecular formula is C33H32N4O5. The van der Waals surface area contributed by atoms with Crippen LogP contribution in [0.3, 0.4) is 0 Å². The molecule has 42 heavy (non-hydrogen) atoms. The summed E-state index contributed by atoms with van der Waals surface area (Å²) in [6.07, 6.45) is 0. The zero-order chi connectivity index (χ0) is 30.0. The second kappa shape index (κ2) is 11.8. The van der Waals surface area contributed by atoms with Crippen molar-refractivity contribution < 1.29 is 24.3 Å². The van der Waals surface area contributed by atoms with E-state index in [2.05, 4.69) is 10.6 Å². The molecule has 5 rings (SSSR count). The molecule has 4 aromatic rings. The molecule has 0 spiro atoms. The topological polar surface area (TPSA) is 119 Å². The van der Waals surface area contributed by atoms with Crippen LogP contribution in [0.25, 0.3) is 10.8 Å². The Hall–Kier alpha value is -5.02. The Bertz CT molecular complexity index is 1680. The van der Waals surface area contributed by atoms with Gasteiger partial charge in [0.15, 0.2) is 0 Å². The van der Waals surface area contributed by atoms with Crippen molar-refractivity contribution in [2.45, 2.75) is 32.5 Å². The lowest BCUT2D eigenvalue weighted by molar-refractivity contribution is -0.128. The highest BCUT2D eigenvalue weighted by molar-refractivity contribution is 6.13. The Balaban J connectivity index is 1.62. The maximum atomic E-state index is 14.3. The van der Waals surface area contributed by atoms with Crippen LogP contribution in [0, 0.1) is 6.92 Å². The number of fused-ring (bicyclic) bond motifs is 2. The number of amides is 3. The lowest BCUT2D eigenvalue weighted by Gasteiger charge is -2.27. The Morgan fingerprint density at radius 3 is 2.24 bits per heavy atom. The van der Waals surface area contributed by atoms with Crippen LogP contribution in [0.4, 0.5) is 11.4 Å². The number of anilines is 2. The van der Waals surface area contributed by atoms with Crippen LogP contribution in [-0.2, 0) is 16.1 Å². The summed E-state index contributed by atoms with van der Waals surface area (Å²) in [7, 11) is 1.65. The highest BCUT2D eigenvalue weighted by Crippen LogP contribution is 2.36. The number of carboxylic acid groups (broad SMARTS) is 1. The molecule has 1 heterocycles. The third-order valence-electron chi connectivity index (χ3n) is 7.75. The monoisotopic (exact) mass is 564 g/mol. The van der Waals surface area contributed by atoms with E-state index in [9.17, 15) is 24.3 Å². The number of para-hydroxylation sites is 2. The van der Waals surface area contributed by atoms with Gasteiger partial charge in [0.25, 0.3) is 11.8 Å². The highest BCUT2D eigenvalue weighted by atomic mass is 16.4. The summed E-state index contributed by atoms with van der Waals surface area (Å²) in [6, 6.07) is 23.2. The van der Waals surface area contributed by atoms with Crippen molar-refractivity contribution in [3.8, 4) is 0 Å². The van der Waals surface area contributed by atoms with Crippen molar-refractivity contribution in [3.05, 3.63) is 107 Å². The number of carbonyl (C=O) groups excluding carboxylic acids is 3. The molecular weight excluding hydrogens is 532 g/mol. The van der Waals surface area contributed by atoms with Crippen molar-refractivity contribution in [2.24, 2.45) is 0 Å². The molecule has 1 aliphatic rings. The Morgan fingerprint density at radius 1 is 0.905 bits per heavy atom. The number of aryl methyl sites for hydroxylation is 1. The Labute approximate surface area is 243 Å². The van der Waals surface area contributed by atoms with E-state index in [1.165, 1.54) is 29.2 Å². The number of benzene rings is 4. The molecule has 1 aliphatic heterocycles. The summed E-state index contributed by atoms with van der Waals surface area (Å²) < 4.78 is 0. The second-order valence-corrected chi connectivity index (χ2v) is 10.4. The molecule has 1 unspecified atom stereocenters. The maximum absolute atomic E-state index is 14.3. The van der Waals surface area contributed by atoms with Gasteiger partial charge in [-0.1, -0.05) is 48.5 Å². The zero-order valence-corrected chi connectivity index (χ0v) is 23.6. The third kappa shape index (κ3) is 5.46. The molecule has 0 saturated carbocycles. The lowest BCUT2D eigenvalue weighted by Crippen LogP contribution is -2.55. The number of hydrogen-bond acceptors (Lipinski definition) is 5. The second-order valence-electron chi connectivity index (χ2n) is 10.4. The van der Waals surface area contributed by atoms with Gasteiger partial charge in [-0.05, 0) is 79.2 Å². The van der Waals surface area contributed by atoms with Crippen LogP contribution in [-0.4, -0.2) is 54.5 Å². The van der Waals surface area contributed by atoms with Crippen LogP contribution in [0.2, 0.25) is 0 Å². The molecule has 2 atom stereocenters. The van der Waals surface area contributed by atoms with Crippen LogP contribution >= 0.6 is 0 Å². The normalized spacial score (nSPS) is 15.6. The van der Waals surface area contributed by atoms with Crippen molar-refractivity contribution in [1.29, 1.82) is 0 Å². The lowest BCUT2D eigenvalue weighted by atomic mass is 9.99. The Morgan fingerprint density at radius 2 is 1.55 bits per heavy atom. The molecule has 214 valence electrons. The fourth-order valence-corrected chi connectivity index (χ4v) is 5.20. The summed E-state index contributed by atoms with van der Waals surface area (Å²) >= 11 is 0. The summed E-state index contributed by atoms with van der Waals surface area (Å²) in [5, 5.41) is 17.1. The van der Waals surface area contributed by atoms with Gasteiger partial charge >= 0.3 is 5.97 Å². The van der Waals surface area contributed by atoms with Crippen molar-refractivity contribution in [1.82, 2.24) is 10.6 Å². The first-order valence-corrected chi connectivity index (χ1v) is 13.7. The molecule has 0 fully saturated rings. The molecule has 9 nitrogen and oxygen atoms in total. The molecule has 4 aromatic carbocycles. The number of carbonyl (C=O) groups is 4. The number of nitrogens with zero attached hydrogens (tertiary/aromatic N) is 2. The molecule has 3 amide bonds. The van der Waals surface area contributed by atoms with E-state index in [-0.39, 0.29) is 36.0 Å². The van der Waals surface area contributed by atoms with E-state index < -0.39 is 24.0 Å². The molecule has 0 aromatic heterocycles. The first kappa shape index (κ1) is 28.5. The van der Waals surface area contributed by atoms with E-state index in [0.717, 1.165) is 21.9 Å². The molecule has 0 bridgehead atoms.